The fourth-order valence-electron chi connectivity index (χ4n) is 1.13. The number of hydrogen-bond donors (Lipinski definition) is 1. The zero-order chi connectivity index (χ0) is 9.30. The molecule has 0 aliphatic heterocycles. The molecular weight excluding hydrogens is 152 g/mol. The second-order valence-electron chi connectivity index (χ2n) is 2.87. The van der Waals surface area contributed by atoms with Gasteiger partial charge < -0.3 is 5.73 Å². The van der Waals surface area contributed by atoms with Gasteiger partial charge in [-0.2, -0.15) is 0 Å². The Morgan fingerprint density at radius 2 is 2.08 bits per heavy atom. The zero-order valence-electron chi connectivity index (χ0n) is 7.51. The molecule has 0 radical (unpaired) electrons. The molecule has 0 saturated heterocycles. The van der Waals surface area contributed by atoms with Crippen molar-refractivity contribution in [2.75, 3.05) is 5.73 Å². The van der Waals surface area contributed by atoms with Crippen molar-refractivity contribution in [3.8, 4) is 0 Å². The molecule has 0 saturated carbocycles. The minimum absolute atomic E-state index is 0.0129. The Kier molecular flexibility index (Phi) is 2.13. The molecule has 1 aromatic heterocycles. The summed E-state index contributed by atoms with van der Waals surface area (Å²) < 4.78 is 0. The zero-order valence-corrected chi connectivity index (χ0v) is 7.51. The largest absolute Gasteiger partial charge is 0.397 e. The smallest absolute Gasteiger partial charge is 0.162 e. The SMILES string of the molecule is CC(=O)c1cc(C)nc(C)c1N. The standard InChI is InChI=1S/C9H12N2O/c1-5-4-8(7(3)12)9(10)6(2)11-5/h4H,10H2,1-3H3. The summed E-state index contributed by atoms with van der Waals surface area (Å²) in [6.45, 7) is 5.15. The van der Waals surface area contributed by atoms with E-state index in [0.29, 0.717) is 11.3 Å². The van der Waals surface area contributed by atoms with Gasteiger partial charge in [0, 0.05) is 11.3 Å². The Morgan fingerprint density at radius 1 is 1.50 bits per heavy atom. The van der Waals surface area contributed by atoms with Crippen LogP contribution in [0.25, 0.3) is 0 Å². The predicted octanol–water partition coefficient (Wildman–Crippen LogP) is 1.48. The number of rotatable bonds is 1. The Hall–Kier alpha value is -1.38. The molecule has 0 aromatic carbocycles. The third-order valence-corrected chi connectivity index (χ3v) is 1.76. The first-order valence-electron chi connectivity index (χ1n) is 3.77. The first-order valence-corrected chi connectivity index (χ1v) is 3.77. The minimum Gasteiger partial charge on any atom is -0.397 e. The third kappa shape index (κ3) is 1.44. The fraction of sp³-hybridized carbons (Fsp3) is 0.333. The van der Waals surface area contributed by atoms with E-state index in [1.54, 1.807) is 13.0 Å². The lowest BCUT2D eigenvalue weighted by Gasteiger charge is -2.05. The first-order chi connectivity index (χ1) is 5.52. The second-order valence-corrected chi connectivity index (χ2v) is 2.87. The van der Waals surface area contributed by atoms with E-state index in [1.807, 2.05) is 6.92 Å². The number of ketones is 1. The Bertz CT molecular complexity index is 332. The number of aromatic nitrogens is 1. The molecule has 3 heteroatoms. The molecule has 0 bridgehead atoms. The molecule has 64 valence electrons. The van der Waals surface area contributed by atoms with Crippen LogP contribution in [0.5, 0.6) is 0 Å². The van der Waals surface area contributed by atoms with Crippen molar-refractivity contribution >= 4 is 11.5 Å². The van der Waals surface area contributed by atoms with Crippen LogP contribution in [0.3, 0.4) is 0 Å². The van der Waals surface area contributed by atoms with Crippen LogP contribution in [-0.2, 0) is 0 Å². The van der Waals surface area contributed by atoms with Crippen molar-refractivity contribution in [3.05, 3.63) is 23.0 Å². The minimum atomic E-state index is -0.0129. The van der Waals surface area contributed by atoms with Crippen molar-refractivity contribution in [1.82, 2.24) is 4.98 Å². The predicted molar refractivity (Wildman–Crippen MR) is 48.1 cm³/mol. The molecule has 1 heterocycles. The van der Waals surface area contributed by atoms with Crippen LogP contribution in [0.2, 0.25) is 0 Å². The summed E-state index contributed by atoms with van der Waals surface area (Å²) in [5.74, 6) is -0.0129. The monoisotopic (exact) mass is 164 g/mol. The van der Waals surface area contributed by atoms with Gasteiger partial charge in [0.1, 0.15) is 0 Å². The van der Waals surface area contributed by atoms with Crippen molar-refractivity contribution in [1.29, 1.82) is 0 Å². The summed E-state index contributed by atoms with van der Waals surface area (Å²) in [6.07, 6.45) is 0. The Morgan fingerprint density at radius 3 is 2.58 bits per heavy atom. The average Bonchev–Trinajstić information content (AvgIpc) is 1.96. The van der Waals surface area contributed by atoms with Crippen LogP contribution < -0.4 is 5.73 Å². The summed E-state index contributed by atoms with van der Waals surface area (Å²) in [6, 6.07) is 1.71. The summed E-state index contributed by atoms with van der Waals surface area (Å²) >= 11 is 0. The summed E-state index contributed by atoms with van der Waals surface area (Å²) in [5, 5.41) is 0. The molecule has 0 atom stereocenters. The molecule has 0 amide bonds. The molecule has 0 fully saturated rings. The maximum Gasteiger partial charge on any atom is 0.162 e. The van der Waals surface area contributed by atoms with Crippen molar-refractivity contribution < 1.29 is 4.79 Å². The molecular formula is C9H12N2O. The molecule has 1 aromatic rings. The molecule has 3 nitrogen and oxygen atoms in total. The highest BCUT2D eigenvalue weighted by Gasteiger charge is 2.08. The number of hydrogen-bond acceptors (Lipinski definition) is 3. The lowest BCUT2D eigenvalue weighted by Crippen LogP contribution is -2.04. The maximum atomic E-state index is 11.1. The number of Topliss-reactive ketones (excluding diaryl/α,β-unsaturated/α-hetero) is 1. The number of nitrogens with two attached hydrogens (primary N) is 1. The highest BCUT2D eigenvalue weighted by atomic mass is 16.1. The van der Waals surface area contributed by atoms with Crippen LogP contribution >= 0.6 is 0 Å². The number of carbonyl (C=O) groups is 1. The molecule has 0 unspecified atom stereocenters. The van der Waals surface area contributed by atoms with Gasteiger partial charge >= 0.3 is 0 Å². The van der Waals surface area contributed by atoms with Crippen LogP contribution in [-0.4, -0.2) is 10.8 Å². The highest BCUT2D eigenvalue weighted by molar-refractivity contribution is 5.99. The van der Waals surface area contributed by atoms with E-state index in [9.17, 15) is 4.79 Å². The van der Waals surface area contributed by atoms with E-state index >= 15 is 0 Å². The van der Waals surface area contributed by atoms with Gasteiger partial charge in [0.25, 0.3) is 0 Å². The third-order valence-electron chi connectivity index (χ3n) is 1.76. The quantitative estimate of drug-likeness (QED) is 0.639. The van der Waals surface area contributed by atoms with E-state index in [2.05, 4.69) is 4.98 Å². The van der Waals surface area contributed by atoms with Crippen molar-refractivity contribution in [2.45, 2.75) is 20.8 Å². The van der Waals surface area contributed by atoms with Gasteiger partial charge in [0.15, 0.2) is 5.78 Å². The van der Waals surface area contributed by atoms with E-state index in [-0.39, 0.29) is 5.78 Å². The lowest BCUT2D eigenvalue weighted by atomic mass is 10.1. The number of anilines is 1. The maximum absolute atomic E-state index is 11.1. The van der Waals surface area contributed by atoms with Gasteiger partial charge in [0.2, 0.25) is 0 Å². The number of nitrogen functional groups attached to an aromatic ring is 1. The van der Waals surface area contributed by atoms with E-state index < -0.39 is 0 Å². The number of aryl methyl sites for hydroxylation is 2. The second kappa shape index (κ2) is 2.93. The molecule has 0 spiro atoms. The number of nitrogens with zero attached hydrogens (tertiary/aromatic N) is 1. The van der Waals surface area contributed by atoms with E-state index in [1.165, 1.54) is 6.92 Å². The molecule has 12 heavy (non-hydrogen) atoms. The summed E-state index contributed by atoms with van der Waals surface area (Å²) in [5.41, 5.74) is 8.28. The van der Waals surface area contributed by atoms with E-state index in [0.717, 1.165) is 11.4 Å². The first kappa shape index (κ1) is 8.71. The molecule has 0 aliphatic carbocycles. The fourth-order valence-corrected chi connectivity index (χ4v) is 1.13. The summed E-state index contributed by atoms with van der Waals surface area (Å²) in [7, 11) is 0. The van der Waals surface area contributed by atoms with E-state index in [4.69, 9.17) is 5.73 Å². The lowest BCUT2D eigenvalue weighted by molar-refractivity contribution is 0.101. The average molecular weight is 164 g/mol. The normalized spacial score (nSPS) is 9.92. The molecule has 0 aliphatic rings. The Labute approximate surface area is 71.6 Å². The molecule has 1 rings (SSSR count). The van der Waals surface area contributed by atoms with Crippen LogP contribution in [0, 0.1) is 13.8 Å². The number of carbonyl (C=O) groups excluding carboxylic acids is 1. The van der Waals surface area contributed by atoms with Gasteiger partial charge in [-0.25, -0.2) is 0 Å². The highest BCUT2D eigenvalue weighted by Crippen LogP contribution is 2.16. The van der Waals surface area contributed by atoms with Gasteiger partial charge in [0.05, 0.1) is 11.4 Å². The van der Waals surface area contributed by atoms with Crippen LogP contribution in [0.1, 0.15) is 28.7 Å². The Balaban J connectivity index is 3.37. The summed E-state index contributed by atoms with van der Waals surface area (Å²) in [4.78, 5) is 15.2. The van der Waals surface area contributed by atoms with Gasteiger partial charge in [-0.3, -0.25) is 9.78 Å². The number of pyridine rings is 1. The van der Waals surface area contributed by atoms with Gasteiger partial charge in [-0.1, -0.05) is 0 Å². The molecule has 2 N–H and O–H groups in total. The van der Waals surface area contributed by atoms with Crippen molar-refractivity contribution in [2.24, 2.45) is 0 Å². The van der Waals surface area contributed by atoms with Gasteiger partial charge in [-0.15, -0.1) is 0 Å². The van der Waals surface area contributed by atoms with Crippen LogP contribution in [0.15, 0.2) is 6.07 Å². The topological polar surface area (TPSA) is 56.0 Å². The van der Waals surface area contributed by atoms with Crippen LogP contribution in [0.4, 0.5) is 5.69 Å². The van der Waals surface area contributed by atoms with Gasteiger partial charge in [-0.05, 0) is 26.8 Å². The van der Waals surface area contributed by atoms with Crippen molar-refractivity contribution in [3.63, 3.8) is 0 Å².